The number of nitrogens with zero attached hydrogens (tertiary/aromatic N) is 5. The zero-order valence-corrected chi connectivity index (χ0v) is 18.2. The van der Waals surface area contributed by atoms with Crippen molar-refractivity contribution in [3.63, 3.8) is 0 Å². The third-order valence-electron chi connectivity index (χ3n) is 5.78. The SMILES string of the molecule is COc1ccc(C(=O)C2CCN(C(=O)CCCc3nn4cc(C)cc4c(=O)[nH]3)CC2)nn1. The van der Waals surface area contributed by atoms with E-state index in [4.69, 9.17) is 4.74 Å². The van der Waals surface area contributed by atoms with Crippen LogP contribution >= 0.6 is 0 Å². The van der Waals surface area contributed by atoms with Crippen molar-refractivity contribution < 1.29 is 14.3 Å². The van der Waals surface area contributed by atoms with Gasteiger partial charge in [-0.1, -0.05) is 0 Å². The molecule has 32 heavy (non-hydrogen) atoms. The van der Waals surface area contributed by atoms with Crippen molar-refractivity contribution >= 4 is 17.2 Å². The van der Waals surface area contributed by atoms with Crippen molar-refractivity contribution in [2.24, 2.45) is 5.92 Å². The molecule has 0 saturated carbocycles. The van der Waals surface area contributed by atoms with Crippen LogP contribution in [-0.2, 0) is 11.2 Å². The summed E-state index contributed by atoms with van der Waals surface area (Å²) in [6, 6.07) is 5.03. The van der Waals surface area contributed by atoms with Gasteiger partial charge in [0.15, 0.2) is 5.78 Å². The number of rotatable bonds is 7. The number of fused-ring (bicyclic) bond motifs is 1. The Morgan fingerprint density at radius 2 is 2.00 bits per heavy atom. The molecule has 1 aliphatic heterocycles. The predicted molar refractivity (Wildman–Crippen MR) is 116 cm³/mol. The Labute approximate surface area is 184 Å². The number of hydrogen-bond donors (Lipinski definition) is 1. The molecule has 4 heterocycles. The molecule has 0 bridgehead atoms. The number of likely N-dealkylation sites (tertiary alicyclic amines) is 1. The lowest BCUT2D eigenvalue weighted by atomic mass is 9.90. The van der Waals surface area contributed by atoms with Crippen molar-refractivity contribution in [3.05, 3.63) is 51.8 Å². The maximum absolute atomic E-state index is 12.6. The maximum Gasteiger partial charge on any atom is 0.275 e. The van der Waals surface area contributed by atoms with Gasteiger partial charge in [-0.15, -0.1) is 10.2 Å². The highest BCUT2D eigenvalue weighted by Gasteiger charge is 2.28. The number of H-pyrrole nitrogens is 1. The molecule has 3 aromatic heterocycles. The van der Waals surface area contributed by atoms with Crippen molar-refractivity contribution in [1.29, 1.82) is 0 Å². The van der Waals surface area contributed by atoms with Crippen LogP contribution in [0.25, 0.3) is 5.52 Å². The van der Waals surface area contributed by atoms with Gasteiger partial charge in [0.05, 0.1) is 7.11 Å². The molecule has 4 rings (SSSR count). The van der Waals surface area contributed by atoms with Crippen molar-refractivity contribution in [1.82, 2.24) is 29.7 Å². The summed E-state index contributed by atoms with van der Waals surface area (Å²) < 4.78 is 6.55. The lowest BCUT2D eigenvalue weighted by Gasteiger charge is -2.31. The highest BCUT2D eigenvalue weighted by atomic mass is 16.5. The second-order valence-corrected chi connectivity index (χ2v) is 8.08. The molecule has 0 spiro atoms. The Morgan fingerprint density at radius 1 is 1.22 bits per heavy atom. The number of ketones is 1. The Hall–Kier alpha value is -3.56. The molecule has 168 valence electrons. The third-order valence-corrected chi connectivity index (χ3v) is 5.78. The van der Waals surface area contributed by atoms with Gasteiger partial charge in [0.2, 0.25) is 11.8 Å². The second kappa shape index (κ2) is 9.29. The molecule has 3 aromatic rings. The first kappa shape index (κ1) is 21.7. The number of ether oxygens (including phenoxy) is 1. The molecule has 0 unspecified atom stereocenters. The number of Topliss-reactive ketones (excluding diaryl/α,β-unsaturated/α-hetero) is 1. The third kappa shape index (κ3) is 4.68. The van der Waals surface area contributed by atoms with Gasteiger partial charge in [0, 0.05) is 44.1 Å². The summed E-state index contributed by atoms with van der Waals surface area (Å²) in [4.78, 5) is 42.0. The van der Waals surface area contributed by atoms with E-state index in [2.05, 4.69) is 20.3 Å². The van der Waals surface area contributed by atoms with Crippen LogP contribution in [0.2, 0.25) is 0 Å². The van der Waals surface area contributed by atoms with E-state index in [9.17, 15) is 14.4 Å². The highest BCUT2D eigenvalue weighted by Crippen LogP contribution is 2.22. The largest absolute Gasteiger partial charge is 0.480 e. The fraction of sp³-hybridized carbons (Fsp3) is 0.455. The summed E-state index contributed by atoms with van der Waals surface area (Å²) in [6.45, 7) is 3.00. The van der Waals surface area contributed by atoms with Gasteiger partial charge in [-0.05, 0) is 43.9 Å². The number of aromatic nitrogens is 5. The number of carbonyl (C=O) groups excluding carboxylic acids is 2. The monoisotopic (exact) mass is 438 g/mol. The van der Waals surface area contributed by atoms with Crippen LogP contribution in [0.5, 0.6) is 5.88 Å². The van der Waals surface area contributed by atoms with Crippen molar-refractivity contribution in [2.75, 3.05) is 20.2 Å². The number of aryl methyl sites for hydroxylation is 2. The van der Waals surface area contributed by atoms with Gasteiger partial charge in [-0.3, -0.25) is 14.4 Å². The number of hydrogen-bond acceptors (Lipinski definition) is 7. The minimum Gasteiger partial charge on any atom is -0.480 e. The van der Waals surface area contributed by atoms with Gasteiger partial charge in [-0.25, -0.2) is 4.52 Å². The van der Waals surface area contributed by atoms with E-state index in [-0.39, 0.29) is 23.2 Å². The van der Waals surface area contributed by atoms with E-state index in [0.717, 1.165) is 5.56 Å². The first-order valence-electron chi connectivity index (χ1n) is 10.7. The summed E-state index contributed by atoms with van der Waals surface area (Å²) in [6.07, 6.45) is 4.50. The number of carbonyl (C=O) groups is 2. The minimum atomic E-state index is -0.178. The number of methoxy groups -OCH3 is 1. The van der Waals surface area contributed by atoms with E-state index in [1.807, 2.05) is 13.1 Å². The molecule has 10 nitrogen and oxygen atoms in total. The molecule has 1 N–H and O–H groups in total. The average Bonchev–Trinajstić information content (AvgIpc) is 3.19. The fourth-order valence-electron chi connectivity index (χ4n) is 4.02. The lowest BCUT2D eigenvalue weighted by molar-refractivity contribution is -0.132. The molecule has 0 aromatic carbocycles. The number of nitrogens with one attached hydrogen (secondary N) is 1. The Balaban J connectivity index is 1.25. The van der Waals surface area contributed by atoms with E-state index in [0.29, 0.717) is 68.1 Å². The van der Waals surface area contributed by atoms with Gasteiger partial charge in [-0.2, -0.15) is 5.10 Å². The van der Waals surface area contributed by atoms with Crippen LogP contribution in [-0.4, -0.2) is 61.6 Å². The standard InChI is InChI=1S/C22H26N6O4/c1-14-12-17-22(31)23-18(26-28(17)13-14)4-3-5-20(29)27-10-8-15(9-11-27)21(30)16-6-7-19(32-2)25-24-16/h6-7,12-13,15H,3-5,8-11H2,1-2H3,(H,23,26,31). The summed E-state index contributed by atoms with van der Waals surface area (Å²) in [5.74, 6) is 0.784. The summed E-state index contributed by atoms with van der Waals surface area (Å²) in [5, 5.41) is 12.2. The average molecular weight is 438 g/mol. The van der Waals surface area contributed by atoms with Crippen molar-refractivity contribution in [2.45, 2.75) is 39.0 Å². The first-order valence-corrected chi connectivity index (χ1v) is 10.7. The molecular formula is C22H26N6O4. The van der Waals surface area contributed by atoms with Crippen LogP contribution in [0.1, 0.15) is 47.6 Å². The summed E-state index contributed by atoms with van der Waals surface area (Å²) in [5.41, 5.74) is 1.63. The van der Waals surface area contributed by atoms with Crippen LogP contribution < -0.4 is 10.3 Å². The molecule has 1 aliphatic rings. The molecule has 10 heteroatoms. The summed E-state index contributed by atoms with van der Waals surface area (Å²) in [7, 11) is 1.50. The smallest absolute Gasteiger partial charge is 0.275 e. The van der Waals surface area contributed by atoms with Crippen LogP contribution in [0, 0.1) is 12.8 Å². The summed E-state index contributed by atoms with van der Waals surface area (Å²) >= 11 is 0. The fourth-order valence-corrected chi connectivity index (χ4v) is 4.02. The van der Waals surface area contributed by atoms with Crippen LogP contribution in [0.4, 0.5) is 0 Å². The molecule has 1 fully saturated rings. The molecule has 0 atom stereocenters. The van der Waals surface area contributed by atoms with E-state index < -0.39 is 0 Å². The van der Waals surface area contributed by atoms with Crippen molar-refractivity contribution in [3.8, 4) is 5.88 Å². The van der Waals surface area contributed by atoms with E-state index >= 15 is 0 Å². The Morgan fingerprint density at radius 3 is 2.69 bits per heavy atom. The number of amides is 1. The first-order chi connectivity index (χ1) is 15.4. The zero-order valence-electron chi connectivity index (χ0n) is 18.2. The molecule has 1 amide bonds. The topological polar surface area (TPSA) is 123 Å². The highest BCUT2D eigenvalue weighted by molar-refractivity contribution is 5.96. The van der Waals surface area contributed by atoms with Crippen LogP contribution in [0.3, 0.4) is 0 Å². The van der Waals surface area contributed by atoms with Gasteiger partial charge < -0.3 is 14.6 Å². The quantitative estimate of drug-likeness (QED) is 0.556. The van der Waals surface area contributed by atoms with Crippen LogP contribution in [0.15, 0.2) is 29.2 Å². The Kier molecular flexibility index (Phi) is 6.29. The predicted octanol–water partition coefficient (Wildman–Crippen LogP) is 1.57. The molecular weight excluding hydrogens is 412 g/mol. The molecule has 0 aliphatic carbocycles. The minimum absolute atomic E-state index is 0.0436. The van der Waals surface area contributed by atoms with Gasteiger partial charge >= 0.3 is 0 Å². The van der Waals surface area contributed by atoms with Gasteiger partial charge in [0.1, 0.15) is 17.0 Å². The van der Waals surface area contributed by atoms with Gasteiger partial charge in [0.25, 0.3) is 5.56 Å². The van der Waals surface area contributed by atoms with E-state index in [1.54, 1.807) is 27.6 Å². The second-order valence-electron chi connectivity index (χ2n) is 8.08. The maximum atomic E-state index is 12.6. The lowest BCUT2D eigenvalue weighted by Crippen LogP contribution is -2.40. The zero-order chi connectivity index (χ0) is 22.7. The van der Waals surface area contributed by atoms with E-state index in [1.165, 1.54) is 7.11 Å². The molecule has 1 saturated heterocycles. The number of aromatic amines is 1. The number of piperidine rings is 1. The Bertz CT molecular complexity index is 1180. The normalized spacial score (nSPS) is 14.6. The molecule has 0 radical (unpaired) electrons.